The monoisotopic (exact) mass is 250 g/mol. The smallest absolute Gasteiger partial charge is 0.162 e. The Hall–Kier alpha value is -1.03. The van der Waals surface area contributed by atoms with Crippen molar-refractivity contribution in [3.8, 4) is 5.75 Å². The Morgan fingerprint density at radius 2 is 2.06 bits per heavy atom. The Kier molecular flexibility index (Phi) is 2.85. The maximum absolute atomic E-state index is 10.7. The molecule has 4 nitrogen and oxygen atoms in total. The van der Waals surface area contributed by atoms with Crippen LogP contribution in [0, 0.1) is 17.8 Å². The summed E-state index contributed by atoms with van der Waals surface area (Å²) >= 11 is 0. The van der Waals surface area contributed by atoms with Crippen LogP contribution in [0.4, 0.5) is 0 Å². The fourth-order valence-electron chi connectivity index (χ4n) is 3.73. The largest absolute Gasteiger partial charge is 0.493 e. The van der Waals surface area contributed by atoms with E-state index in [1.807, 2.05) is 4.68 Å². The summed E-state index contributed by atoms with van der Waals surface area (Å²) in [6, 6.07) is 0.247. The number of hydrogen-bond donors (Lipinski definition) is 1. The van der Waals surface area contributed by atoms with Crippen LogP contribution < -0.4 is 4.74 Å². The third kappa shape index (κ3) is 1.66. The molecular formula is C14H22N2O2. The SMILES string of the molecule is COc1cnn(C(C)C)c1C(O)C1C2CCCC21. The summed E-state index contributed by atoms with van der Waals surface area (Å²) in [5, 5.41) is 15.0. The second kappa shape index (κ2) is 4.26. The minimum atomic E-state index is -0.417. The van der Waals surface area contributed by atoms with Crippen LogP contribution in [-0.4, -0.2) is 22.0 Å². The van der Waals surface area contributed by atoms with Crippen LogP contribution in [-0.2, 0) is 0 Å². The van der Waals surface area contributed by atoms with Crippen LogP contribution in [0.1, 0.15) is 50.9 Å². The van der Waals surface area contributed by atoms with Crippen molar-refractivity contribution >= 4 is 0 Å². The summed E-state index contributed by atoms with van der Waals surface area (Å²) in [6.45, 7) is 4.16. The molecule has 2 saturated carbocycles. The van der Waals surface area contributed by atoms with Gasteiger partial charge in [-0.05, 0) is 44.4 Å². The molecule has 0 bridgehead atoms. The number of hydrogen-bond acceptors (Lipinski definition) is 3. The Morgan fingerprint density at radius 3 is 2.61 bits per heavy atom. The van der Waals surface area contributed by atoms with Gasteiger partial charge in [-0.3, -0.25) is 4.68 Å². The molecule has 0 saturated heterocycles. The average Bonchev–Trinajstić information content (AvgIpc) is 2.77. The fourth-order valence-corrected chi connectivity index (χ4v) is 3.73. The lowest BCUT2D eigenvalue weighted by atomic mass is 10.0. The van der Waals surface area contributed by atoms with Gasteiger partial charge in [-0.1, -0.05) is 6.42 Å². The molecule has 1 heterocycles. The van der Waals surface area contributed by atoms with E-state index in [4.69, 9.17) is 4.74 Å². The summed E-state index contributed by atoms with van der Waals surface area (Å²) in [6.07, 6.45) is 5.20. The van der Waals surface area contributed by atoms with Crippen LogP contribution in [0.2, 0.25) is 0 Å². The van der Waals surface area contributed by atoms with Gasteiger partial charge in [0.15, 0.2) is 5.75 Å². The minimum absolute atomic E-state index is 0.247. The number of methoxy groups -OCH3 is 1. The molecule has 0 aliphatic heterocycles. The molecule has 100 valence electrons. The van der Waals surface area contributed by atoms with Gasteiger partial charge in [-0.15, -0.1) is 0 Å². The van der Waals surface area contributed by atoms with Crippen molar-refractivity contribution in [1.82, 2.24) is 9.78 Å². The first kappa shape index (κ1) is 12.0. The molecule has 3 atom stereocenters. The molecule has 0 aromatic carbocycles. The Labute approximate surface area is 108 Å². The Bertz CT molecular complexity index is 431. The van der Waals surface area contributed by atoms with Gasteiger partial charge in [-0.25, -0.2) is 0 Å². The first-order chi connectivity index (χ1) is 8.65. The van der Waals surface area contributed by atoms with Crippen molar-refractivity contribution < 1.29 is 9.84 Å². The molecule has 2 aliphatic carbocycles. The molecule has 0 spiro atoms. The van der Waals surface area contributed by atoms with E-state index in [1.54, 1.807) is 13.3 Å². The van der Waals surface area contributed by atoms with E-state index in [1.165, 1.54) is 19.3 Å². The van der Waals surface area contributed by atoms with Crippen LogP contribution >= 0.6 is 0 Å². The van der Waals surface area contributed by atoms with Crippen LogP contribution in [0.25, 0.3) is 0 Å². The maximum Gasteiger partial charge on any atom is 0.162 e. The molecule has 1 N–H and O–H groups in total. The number of aliphatic hydroxyl groups excluding tert-OH is 1. The van der Waals surface area contributed by atoms with Gasteiger partial charge in [0, 0.05) is 6.04 Å². The lowest BCUT2D eigenvalue weighted by Gasteiger charge is -2.18. The van der Waals surface area contributed by atoms with Crippen LogP contribution in [0.15, 0.2) is 6.20 Å². The summed E-state index contributed by atoms with van der Waals surface area (Å²) in [5.74, 6) is 2.63. The summed E-state index contributed by atoms with van der Waals surface area (Å²) in [5.41, 5.74) is 0.868. The molecule has 4 heteroatoms. The molecule has 1 aromatic heterocycles. The molecule has 2 aliphatic rings. The van der Waals surface area contributed by atoms with Gasteiger partial charge in [0.1, 0.15) is 11.8 Å². The number of nitrogens with zero attached hydrogens (tertiary/aromatic N) is 2. The van der Waals surface area contributed by atoms with Crippen molar-refractivity contribution in [2.24, 2.45) is 17.8 Å². The normalized spacial score (nSPS) is 31.5. The van der Waals surface area contributed by atoms with Crippen molar-refractivity contribution in [1.29, 1.82) is 0 Å². The van der Waals surface area contributed by atoms with E-state index in [-0.39, 0.29) is 6.04 Å². The molecule has 0 radical (unpaired) electrons. The van der Waals surface area contributed by atoms with Gasteiger partial charge in [0.25, 0.3) is 0 Å². The third-order valence-corrected chi connectivity index (χ3v) is 4.63. The van der Waals surface area contributed by atoms with Crippen LogP contribution in [0.5, 0.6) is 5.75 Å². The first-order valence-electron chi connectivity index (χ1n) is 6.94. The number of fused-ring (bicyclic) bond motifs is 1. The van der Waals surface area contributed by atoms with E-state index in [0.29, 0.717) is 5.92 Å². The van der Waals surface area contributed by atoms with E-state index in [9.17, 15) is 5.11 Å². The molecular weight excluding hydrogens is 228 g/mol. The molecule has 3 rings (SSSR count). The summed E-state index contributed by atoms with van der Waals surface area (Å²) in [7, 11) is 1.64. The van der Waals surface area contributed by atoms with Crippen LogP contribution in [0.3, 0.4) is 0 Å². The quantitative estimate of drug-likeness (QED) is 0.893. The zero-order valence-electron chi connectivity index (χ0n) is 11.3. The van der Waals surface area contributed by atoms with Crippen molar-refractivity contribution in [3.63, 3.8) is 0 Å². The molecule has 18 heavy (non-hydrogen) atoms. The lowest BCUT2D eigenvalue weighted by molar-refractivity contribution is 0.122. The van der Waals surface area contributed by atoms with E-state index in [2.05, 4.69) is 18.9 Å². The maximum atomic E-state index is 10.7. The Morgan fingerprint density at radius 1 is 1.39 bits per heavy atom. The highest BCUT2D eigenvalue weighted by Crippen LogP contribution is 2.62. The second-order valence-corrected chi connectivity index (χ2v) is 5.92. The van der Waals surface area contributed by atoms with Gasteiger partial charge >= 0.3 is 0 Å². The Balaban J connectivity index is 1.88. The summed E-state index contributed by atoms with van der Waals surface area (Å²) in [4.78, 5) is 0. The predicted octanol–water partition coefficient (Wildman–Crippen LogP) is 2.55. The number of aromatic nitrogens is 2. The standard InChI is InChI=1S/C14H22N2O2/c1-8(2)16-13(11(18-3)7-15-16)14(17)12-9-5-4-6-10(9)12/h7-10,12,14,17H,4-6H2,1-3H3. The predicted molar refractivity (Wildman–Crippen MR) is 68.4 cm³/mol. The van der Waals surface area contributed by atoms with Gasteiger partial charge < -0.3 is 9.84 Å². The second-order valence-electron chi connectivity index (χ2n) is 5.92. The number of rotatable bonds is 4. The van der Waals surface area contributed by atoms with Crippen molar-refractivity contribution in [2.45, 2.75) is 45.3 Å². The highest BCUT2D eigenvalue weighted by molar-refractivity contribution is 5.30. The minimum Gasteiger partial charge on any atom is -0.493 e. The molecule has 3 unspecified atom stereocenters. The van der Waals surface area contributed by atoms with E-state index < -0.39 is 6.10 Å². The van der Waals surface area contributed by atoms with Gasteiger partial charge in [-0.2, -0.15) is 5.10 Å². The average molecular weight is 250 g/mol. The lowest BCUT2D eigenvalue weighted by Crippen LogP contribution is -2.15. The summed E-state index contributed by atoms with van der Waals surface area (Å²) < 4.78 is 7.25. The molecule has 2 fully saturated rings. The van der Waals surface area contributed by atoms with E-state index >= 15 is 0 Å². The molecule has 1 aromatic rings. The highest BCUT2D eigenvalue weighted by atomic mass is 16.5. The fraction of sp³-hybridized carbons (Fsp3) is 0.786. The van der Waals surface area contributed by atoms with Gasteiger partial charge in [0.05, 0.1) is 13.3 Å². The topological polar surface area (TPSA) is 47.3 Å². The van der Waals surface area contributed by atoms with E-state index in [0.717, 1.165) is 23.3 Å². The zero-order valence-corrected chi connectivity index (χ0v) is 11.3. The third-order valence-electron chi connectivity index (χ3n) is 4.63. The number of ether oxygens (including phenoxy) is 1. The highest BCUT2D eigenvalue weighted by Gasteiger charge is 2.57. The van der Waals surface area contributed by atoms with Gasteiger partial charge in [0.2, 0.25) is 0 Å². The zero-order chi connectivity index (χ0) is 12.9. The molecule has 0 amide bonds. The van der Waals surface area contributed by atoms with Crippen molar-refractivity contribution in [3.05, 3.63) is 11.9 Å². The first-order valence-corrected chi connectivity index (χ1v) is 6.94. The number of aliphatic hydroxyl groups is 1. The van der Waals surface area contributed by atoms with Crippen molar-refractivity contribution in [2.75, 3.05) is 7.11 Å².